The van der Waals surface area contributed by atoms with Crippen molar-refractivity contribution in [1.82, 2.24) is 0 Å². The van der Waals surface area contributed by atoms with Gasteiger partial charge in [-0.3, -0.25) is 0 Å². The Morgan fingerprint density at radius 3 is 2.48 bits per heavy atom. The van der Waals surface area contributed by atoms with Gasteiger partial charge in [0, 0.05) is 17.2 Å². The molecule has 0 amide bonds. The zero-order valence-corrected chi connectivity index (χ0v) is 14.8. The summed E-state index contributed by atoms with van der Waals surface area (Å²) in [6.45, 7) is 5.73. The number of carboxylic acid groups (broad SMARTS) is 1. The first kappa shape index (κ1) is 18.8. The Balaban J connectivity index is 1.98. The van der Waals surface area contributed by atoms with Crippen LogP contribution in [0.5, 0.6) is 17.2 Å². The topological polar surface area (TPSA) is 58.6 Å². The molecule has 2 aromatic rings. The molecule has 1 unspecified atom stereocenters. The van der Waals surface area contributed by atoms with Crippen LogP contribution in [0.3, 0.4) is 0 Å². The summed E-state index contributed by atoms with van der Waals surface area (Å²) in [5, 5.41) is 11.0. The SMILES string of the molecule is Cc1cc(C)c(C)c(Oc2ccc3c(c2)OC(C(F)(F)F)C(C(=O)[O-])=C3)c1. The van der Waals surface area contributed by atoms with E-state index in [1.165, 1.54) is 18.2 Å². The molecule has 1 atom stereocenters. The number of fused-ring (bicyclic) bond motifs is 1. The summed E-state index contributed by atoms with van der Waals surface area (Å²) in [6.07, 6.45) is -6.56. The molecule has 1 heterocycles. The number of aliphatic carboxylic acids is 1. The molecule has 0 saturated heterocycles. The van der Waals surface area contributed by atoms with Crippen LogP contribution < -0.4 is 14.6 Å². The predicted molar refractivity (Wildman–Crippen MR) is 90.6 cm³/mol. The van der Waals surface area contributed by atoms with Crippen LogP contribution in [-0.2, 0) is 4.79 Å². The lowest BCUT2D eigenvalue weighted by atomic mass is 10.0. The van der Waals surface area contributed by atoms with E-state index in [9.17, 15) is 23.1 Å². The minimum atomic E-state index is -4.88. The van der Waals surface area contributed by atoms with Crippen molar-refractivity contribution in [2.75, 3.05) is 0 Å². The van der Waals surface area contributed by atoms with Gasteiger partial charge in [-0.05, 0) is 61.7 Å². The van der Waals surface area contributed by atoms with E-state index in [1.54, 1.807) is 0 Å². The molecule has 142 valence electrons. The van der Waals surface area contributed by atoms with Gasteiger partial charge in [-0.15, -0.1) is 0 Å². The highest BCUT2D eigenvalue weighted by Crippen LogP contribution is 2.39. The van der Waals surface area contributed by atoms with E-state index in [1.807, 2.05) is 32.9 Å². The number of ether oxygens (including phenoxy) is 2. The molecule has 0 aliphatic carbocycles. The maximum absolute atomic E-state index is 13.1. The second kappa shape index (κ2) is 6.64. The summed E-state index contributed by atoms with van der Waals surface area (Å²) >= 11 is 0. The minimum Gasteiger partial charge on any atom is -0.545 e. The van der Waals surface area contributed by atoms with Crippen molar-refractivity contribution in [3.8, 4) is 17.2 Å². The molecule has 7 heteroatoms. The molecule has 0 bridgehead atoms. The summed E-state index contributed by atoms with van der Waals surface area (Å²) < 4.78 is 50.2. The Kier molecular flexibility index (Phi) is 4.63. The molecule has 1 aliphatic heterocycles. The van der Waals surface area contributed by atoms with Crippen LogP contribution in [0.1, 0.15) is 22.3 Å². The molecular formula is C20H16F3O4-. The number of carbonyl (C=O) groups excluding carboxylic acids is 1. The van der Waals surface area contributed by atoms with Crippen LogP contribution in [0.15, 0.2) is 35.9 Å². The largest absolute Gasteiger partial charge is 0.545 e. The van der Waals surface area contributed by atoms with Crippen LogP contribution in [-0.4, -0.2) is 18.2 Å². The van der Waals surface area contributed by atoms with Crippen molar-refractivity contribution < 1.29 is 32.5 Å². The van der Waals surface area contributed by atoms with Gasteiger partial charge in [-0.25, -0.2) is 0 Å². The lowest BCUT2D eigenvalue weighted by Gasteiger charge is -2.29. The van der Waals surface area contributed by atoms with E-state index in [4.69, 9.17) is 9.47 Å². The van der Waals surface area contributed by atoms with Gasteiger partial charge in [0.05, 0.1) is 5.97 Å². The third-order valence-electron chi connectivity index (χ3n) is 4.35. The Hall–Kier alpha value is -2.96. The average Bonchev–Trinajstić information content (AvgIpc) is 2.57. The predicted octanol–water partition coefficient (Wildman–Crippen LogP) is 3.86. The minimum absolute atomic E-state index is 0.109. The van der Waals surface area contributed by atoms with E-state index in [2.05, 4.69) is 0 Å². The third kappa shape index (κ3) is 3.77. The first-order chi connectivity index (χ1) is 12.6. The highest BCUT2D eigenvalue weighted by molar-refractivity contribution is 5.93. The Labute approximate surface area is 153 Å². The van der Waals surface area contributed by atoms with Crippen LogP contribution in [0.25, 0.3) is 6.08 Å². The highest BCUT2D eigenvalue weighted by Gasteiger charge is 2.46. The fourth-order valence-electron chi connectivity index (χ4n) is 2.88. The lowest BCUT2D eigenvalue weighted by molar-refractivity contribution is -0.302. The monoisotopic (exact) mass is 377 g/mol. The van der Waals surface area contributed by atoms with Crippen molar-refractivity contribution in [3.05, 3.63) is 58.2 Å². The lowest BCUT2D eigenvalue weighted by Crippen LogP contribution is -2.44. The second-order valence-corrected chi connectivity index (χ2v) is 6.43. The zero-order chi connectivity index (χ0) is 19.9. The first-order valence-electron chi connectivity index (χ1n) is 8.12. The standard InChI is InChI=1S/C20H17F3O4/c1-10-6-11(2)12(3)16(7-10)26-14-5-4-13-8-15(19(24)25)18(20(21,22)23)27-17(13)9-14/h4-9,18H,1-3H3,(H,24,25)/p-1. The van der Waals surface area contributed by atoms with Crippen molar-refractivity contribution in [3.63, 3.8) is 0 Å². The number of rotatable bonds is 3. The number of carbonyl (C=O) groups is 1. The van der Waals surface area contributed by atoms with Crippen molar-refractivity contribution in [2.45, 2.75) is 33.1 Å². The molecule has 27 heavy (non-hydrogen) atoms. The maximum Gasteiger partial charge on any atom is 0.429 e. The molecule has 0 saturated carbocycles. The molecular weight excluding hydrogens is 361 g/mol. The summed E-state index contributed by atoms with van der Waals surface area (Å²) in [5.41, 5.74) is 2.17. The van der Waals surface area contributed by atoms with E-state index in [0.29, 0.717) is 5.75 Å². The number of aryl methyl sites for hydroxylation is 2. The molecule has 2 aromatic carbocycles. The highest BCUT2D eigenvalue weighted by atomic mass is 19.4. The van der Waals surface area contributed by atoms with Gasteiger partial charge in [-0.1, -0.05) is 6.07 Å². The van der Waals surface area contributed by atoms with Crippen LogP contribution in [0.2, 0.25) is 0 Å². The van der Waals surface area contributed by atoms with Gasteiger partial charge in [0.1, 0.15) is 17.2 Å². The average molecular weight is 377 g/mol. The van der Waals surface area contributed by atoms with Crippen molar-refractivity contribution in [1.29, 1.82) is 0 Å². The molecule has 4 nitrogen and oxygen atoms in total. The molecule has 0 fully saturated rings. The van der Waals surface area contributed by atoms with Gasteiger partial charge >= 0.3 is 6.18 Å². The van der Waals surface area contributed by atoms with E-state index in [0.717, 1.165) is 22.8 Å². The summed E-state index contributed by atoms with van der Waals surface area (Å²) in [4.78, 5) is 11.0. The van der Waals surface area contributed by atoms with Crippen LogP contribution in [0.4, 0.5) is 13.2 Å². The maximum atomic E-state index is 13.1. The Morgan fingerprint density at radius 1 is 1.15 bits per heavy atom. The summed E-state index contributed by atoms with van der Waals surface area (Å²) in [5.74, 6) is -1.16. The van der Waals surface area contributed by atoms with Gasteiger partial charge in [-0.2, -0.15) is 13.2 Å². The van der Waals surface area contributed by atoms with Crippen molar-refractivity contribution in [2.24, 2.45) is 0 Å². The molecule has 3 rings (SSSR count). The summed E-state index contributed by atoms with van der Waals surface area (Å²) in [6, 6.07) is 8.12. The normalized spacial score (nSPS) is 16.2. The fourth-order valence-corrected chi connectivity index (χ4v) is 2.88. The number of alkyl halides is 3. The third-order valence-corrected chi connectivity index (χ3v) is 4.35. The van der Waals surface area contributed by atoms with Crippen LogP contribution in [0, 0.1) is 20.8 Å². The van der Waals surface area contributed by atoms with Crippen LogP contribution >= 0.6 is 0 Å². The number of halogens is 3. The number of hydrogen-bond acceptors (Lipinski definition) is 4. The molecule has 0 N–H and O–H groups in total. The van der Waals surface area contributed by atoms with Gasteiger partial charge in [0.2, 0.25) is 6.10 Å². The molecule has 0 radical (unpaired) electrons. The Bertz CT molecular complexity index is 945. The molecule has 0 aromatic heterocycles. The quantitative estimate of drug-likeness (QED) is 0.815. The van der Waals surface area contributed by atoms with E-state index in [-0.39, 0.29) is 17.1 Å². The van der Waals surface area contributed by atoms with E-state index >= 15 is 0 Å². The number of benzene rings is 2. The van der Waals surface area contributed by atoms with Gasteiger partial charge in [0.15, 0.2) is 0 Å². The van der Waals surface area contributed by atoms with Crippen molar-refractivity contribution >= 4 is 12.0 Å². The van der Waals surface area contributed by atoms with Gasteiger partial charge in [0.25, 0.3) is 0 Å². The van der Waals surface area contributed by atoms with E-state index < -0.39 is 23.8 Å². The smallest absolute Gasteiger partial charge is 0.429 e. The molecule has 1 aliphatic rings. The first-order valence-corrected chi connectivity index (χ1v) is 8.12. The summed E-state index contributed by atoms with van der Waals surface area (Å²) in [7, 11) is 0. The fraction of sp³-hybridized carbons (Fsp3) is 0.250. The Morgan fingerprint density at radius 2 is 1.85 bits per heavy atom. The molecule has 0 spiro atoms. The van der Waals surface area contributed by atoms with Gasteiger partial charge < -0.3 is 19.4 Å². The zero-order valence-electron chi connectivity index (χ0n) is 14.8. The number of hydrogen-bond donors (Lipinski definition) is 0. The second-order valence-electron chi connectivity index (χ2n) is 6.43. The number of carboxylic acids is 1.